The largest absolute Gasteiger partial charge is 0.435 e. The molecule has 1 atom stereocenters. The van der Waals surface area contributed by atoms with Crippen LogP contribution in [0.1, 0.15) is 11.3 Å². The Balaban J connectivity index is 3.14. The van der Waals surface area contributed by atoms with Crippen LogP contribution in [0.5, 0.6) is 0 Å². The van der Waals surface area contributed by atoms with Crippen LogP contribution in [0.4, 0.5) is 13.2 Å². The molecule has 0 aliphatic heterocycles. The molecule has 16 heavy (non-hydrogen) atoms. The summed E-state index contributed by atoms with van der Waals surface area (Å²) in [7, 11) is 1.30. The summed E-state index contributed by atoms with van der Waals surface area (Å²) in [6.07, 6.45) is -5.92. The summed E-state index contributed by atoms with van der Waals surface area (Å²) in [5.41, 5.74) is 3.83. The van der Waals surface area contributed by atoms with Gasteiger partial charge in [0.25, 0.3) is 0 Å². The van der Waals surface area contributed by atoms with Gasteiger partial charge < -0.3 is 10.8 Å². The minimum absolute atomic E-state index is 0.136. The molecule has 1 aromatic rings. The Morgan fingerprint density at radius 2 is 2.12 bits per heavy atom. The fourth-order valence-corrected chi connectivity index (χ4v) is 1.48. The maximum atomic E-state index is 12.5. The molecule has 1 aromatic heterocycles. The molecule has 0 aliphatic rings. The van der Waals surface area contributed by atoms with E-state index >= 15 is 0 Å². The number of hydrogen-bond donors (Lipinski definition) is 2. The lowest BCUT2D eigenvalue weighted by atomic mass is 10.1. The molecule has 1 heterocycles. The van der Waals surface area contributed by atoms with Crippen molar-refractivity contribution in [3.05, 3.63) is 16.4 Å². The van der Waals surface area contributed by atoms with Crippen molar-refractivity contribution in [2.24, 2.45) is 12.8 Å². The SMILES string of the molecule is Cn1nc(C(F)(F)F)c(CC(O)CN)c1Cl. The summed E-state index contributed by atoms with van der Waals surface area (Å²) < 4.78 is 38.6. The molecule has 0 saturated carbocycles. The first-order chi connectivity index (χ1) is 7.27. The third kappa shape index (κ3) is 2.66. The smallest absolute Gasteiger partial charge is 0.391 e. The number of aryl methyl sites for hydroxylation is 1. The van der Waals surface area contributed by atoms with Crippen molar-refractivity contribution in [1.29, 1.82) is 0 Å². The zero-order valence-electron chi connectivity index (χ0n) is 8.42. The zero-order valence-corrected chi connectivity index (χ0v) is 9.18. The summed E-state index contributed by atoms with van der Waals surface area (Å²) in [6, 6.07) is 0. The van der Waals surface area contributed by atoms with E-state index < -0.39 is 18.0 Å². The average molecular weight is 258 g/mol. The number of nitrogens with zero attached hydrogens (tertiary/aromatic N) is 2. The van der Waals surface area contributed by atoms with Crippen LogP contribution < -0.4 is 5.73 Å². The number of rotatable bonds is 3. The molecule has 0 saturated heterocycles. The van der Waals surface area contributed by atoms with Gasteiger partial charge in [-0.25, -0.2) is 0 Å². The van der Waals surface area contributed by atoms with Crippen LogP contribution in [0.2, 0.25) is 5.15 Å². The zero-order chi connectivity index (χ0) is 12.5. The molecular weight excluding hydrogens is 247 g/mol. The van der Waals surface area contributed by atoms with E-state index in [0.717, 1.165) is 4.68 Å². The number of aromatic nitrogens is 2. The second-order valence-corrected chi connectivity index (χ2v) is 3.69. The van der Waals surface area contributed by atoms with Crippen molar-refractivity contribution in [3.63, 3.8) is 0 Å². The van der Waals surface area contributed by atoms with E-state index in [1.807, 2.05) is 0 Å². The maximum absolute atomic E-state index is 12.5. The topological polar surface area (TPSA) is 64.1 Å². The number of aliphatic hydroxyl groups excluding tert-OH is 1. The minimum atomic E-state index is -4.59. The first kappa shape index (κ1) is 13.3. The van der Waals surface area contributed by atoms with Gasteiger partial charge >= 0.3 is 6.18 Å². The van der Waals surface area contributed by atoms with Gasteiger partial charge in [-0.1, -0.05) is 11.6 Å². The maximum Gasteiger partial charge on any atom is 0.435 e. The van der Waals surface area contributed by atoms with Gasteiger partial charge in [0, 0.05) is 25.6 Å². The van der Waals surface area contributed by atoms with Crippen LogP contribution in [-0.4, -0.2) is 27.5 Å². The molecule has 0 bridgehead atoms. The Hall–Kier alpha value is -0.790. The molecule has 0 amide bonds. The Morgan fingerprint density at radius 1 is 1.56 bits per heavy atom. The summed E-state index contributed by atoms with van der Waals surface area (Å²) in [5, 5.41) is 12.4. The normalized spacial score (nSPS) is 14.2. The third-order valence-electron chi connectivity index (χ3n) is 2.05. The first-order valence-electron chi connectivity index (χ1n) is 4.44. The lowest BCUT2D eigenvalue weighted by molar-refractivity contribution is -0.142. The lowest BCUT2D eigenvalue weighted by Crippen LogP contribution is -2.23. The lowest BCUT2D eigenvalue weighted by Gasteiger charge is -2.09. The molecule has 0 aromatic carbocycles. The monoisotopic (exact) mass is 257 g/mol. The highest BCUT2D eigenvalue weighted by Crippen LogP contribution is 2.34. The van der Waals surface area contributed by atoms with Gasteiger partial charge in [0.1, 0.15) is 5.15 Å². The van der Waals surface area contributed by atoms with E-state index in [-0.39, 0.29) is 23.7 Å². The van der Waals surface area contributed by atoms with Gasteiger partial charge in [0.2, 0.25) is 0 Å². The van der Waals surface area contributed by atoms with Crippen LogP contribution in [-0.2, 0) is 19.6 Å². The predicted molar refractivity (Wildman–Crippen MR) is 52.0 cm³/mol. The van der Waals surface area contributed by atoms with E-state index in [9.17, 15) is 18.3 Å². The molecule has 3 N–H and O–H groups in total. The standard InChI is InChI=1S/C8H11ClF3N3O/c1-15-7(9)5(2-4(16)3-13)6(14-15)8(10,11)12/h4,16H,2-3,13H2,1H3. The predicted octanol–water partition coefficient (Wildman–Crippen LogP) is 0.954. The molecule has 0 fully saturated rings. The molecule has 1 unspecified atom stereocenters. The number of halogens is 4. The molecule has 0 spiro atoms. The summed E-state index contributed by atoms with van der Waals surface area (Å²) in [4.78, 5) is 0. The fraction of sp³-hybridized carbons (Fsp3) is 0.625. The second kappa shape index (κ2) is 4.60. The highest BCUT2D eigenvalue weighted by molar-refractivity contribution is 6.30. The third-order valence-corrected chi connectivity index (χ3v) is 2.52. The van der Waals surface area contributed by atoms with Crippen molar-refractivity contribution in [3.8, 4) is 0 Å². The van der Waals surface area contributed by atoms with Gasteiger partial charge in [-0.2, -0.15) is 18.3 Å². The van der Waals surface area contributed by atoms with Crippen molar-refractivity contribution in [1.82, 2.24) is 9.78 Å². The number of hydrogen-bond acceptors (Lipinski definition) is 3. The number of alkyl halides is 3. The van der Waals surface area contributed by atoms with E-state index in [0.29, 0.717) is 0 Å². The average Bonchev–Trinajstić information content (AvgIpc) is 2.45. The molecule has 92 valence electrons. The van der Waals surface area contributed by atoms with Gasteiger partial charge in [-0.3, -0.25) is 4.68 Å². The van der Waals surface area contributed by atoms with Crippen molar-refractivity contribution in [2.75, 3.05) is 6.54 Å². The van der Waals surface area contributed by atoms with Gasteiger partial charge in [0.05, 0.1) is 6.10 Å². The van der Waals surface area contributed by atoms with Gasteiger partial charge in [-0.05, 0) is 0 Å². The summed E-state index contributed by atoms with van der Waals surface area (Å²) in [6.45, 7) is -0.136. The summed E-state index contributed by atoms with van der Waals surface area (Å²) >= 11 is 5.67. The Kier molecular flexibility index (Phi) is 3.82. The molecule has 1 rings (SSSR count). The van der Waals surface area contributed by atoms with Crippen molar-refractivity contribution in [2.45, 2.75) is 18.7 Å². The molecule has 4 nitrogen and oxygen atoms in total. The summed E-state index contributed by atoms with van der Waals surface area (Å²) in [5.74, 6) is 0. The highest BCUT2D eigenvalue weighted by Gasteiger charge is 2.38. The number of nitrogens with two attached hydrogens (primary N) is 1. The highest BCUT2D eigenvalue weighted by atomic mass is 35.5. The van der Waals surface area contributed by atoms with Gasteiger partial charge in [0.15, 0.2) is 5.69 Å². The Morgan fingerprint density at radius 3 is 2.56 bits per heavy atom. The van der Waals surface area contributed by atoms with E-state index in [4.69, 9.17) is 17.3 Å². The molecular formula is C8H11ClF3N3O. The van der Waals surface area contributed by atoms with Crippen LogP contribution in [0.3, 0.4) is 0 Å². The van der Waals surface area contributed by atoms with Crippen LogP contribution in [0.25, 0.3) is 0 Å². The first-order valence-corrected chi connectivity index (χ1v) is 4.81. The number of aliphatic hydroxyl groups is 1. The van der Waals surface area contributed by atoms with E-state index in [2.05, 4.69) is 5.10 Å². The molecule has 0 radical (unpaired) electrons. The molecule has 8 heteroatoms. The quantitative estimate of drug-likeness (QED) is 0.848. The van der Waals surface area contributed by atoms with Crippen LogP contribution >= 0.6 is 11.6 Å². The second-order valence-electron chi connectivity index (χ2n) is 3.33. The van der Waals surface area contributed by atoms with Crippen LogP contribution in [0.15, 0.2) is 0 Å². The van der Waals surface area contributed by atoms with E-state index in [1.165, 1.54) is 7.05 Å². The van der Waals surface area contributed by atoms with Crippen molar-refractivity contribution >= 4 is 11.6 Å². The molecule has 0 aliphatic carbocycles. The Bertz CT molecular complexity index is 377. The van der Waals surface area contributed by atoms with E-state index in [1.54, 1.807) is 0 Å². The fourth-order valence-electron chi connectivity index (χ4n) is 1.27. The van der Waals surface area contributed by atoms with Crippen molar-refractivity contribution < 1.29 is 18.3 Å². The minimum Gasteiger partial charge on any atom is -0.391 e. The van der Waals surface area contributed by atoms with Crippen LogP contribution in [0, 0.1) is 0 Å². The Labute approximate surface area is 94.8 Å². The van der Waals surface area contributed by atoms with Gasteiger partial charge in [-0.15, -0.1) is 0 Å².